The first-order valence-corrected chi connectivity index (χ1v) is 8.11. The van der Waals surface area contributed by atoms with Crippen molar-refractivity contribution >= 4 is 24.6 Å². The van der Waals surface area contributed by atoms with Crippen LogP contribution in [0.25, 0.3) is 11.2 Å². The van der Waals surface area contributed by atoms with E-state index in [1.807, 2.05) is 0 Å². The summed E-state index contributed by atoms with van der Waals surface area (Å²) in [7, 11) is -4.46. The van der Waals surface area contributed by atoms with Crippen LogP contribution >= 0.6 is 7.60 Å². The highest BCUT2D eigenvalue weighted by molar-refractivity contribution is 7.55. The Kier molecular flexibility index (Phi) is 3.90. The fraction of sp³-hybridized carbons (Fsp3) is 0.364. The molecule has 0 saturated carbocycles. The monoisotopic (exact) mass is 345 g/mol. The van der Waals surface area contributed by atoms with E-state index in [2.05, 4.69) is 15.0 Å². The molecule has 23 heavy (non-hydrogen) atoms. The Morgan fingerprint density at radius 3 is 2.83 bits per heavy atom. The van der Waals surface area contributed by atoms with Gasteiger partial charge >= 0.3 is 7.60 Å². The molecule has 0 bridgehead atoms. The van der Waals surface area contributed by atoms with Gasteiger partial charge in [0.2, 0.25) is 0 Å². The van der Waals surface area contributed by atoms with Crippen molar-refractivity contribution in [3.8, 4) is 0 Å². The van der Waals surface area contributed by atoms with Crippen molar-refractivity contribution in [2.24, 2.45) is 0 Å². The number of nitrogens with zero attached hydrogens (tertiary/aromatic N) is 4. The highest BCUT2D eigenvalue weighted by atomic mass is 31.2. The minimum atomic E-state index is -4.46. The summed E-state index contributed by atoms with van der Waals surface area (Å²) in [5.41, 5.74) is 6.17. The summed E-state index contributed by atoms with van der Waals surface area (Å²) in [6.07, 6.45) is -2.60. The molecule has 124 valence electrons. The van der Waals surface area contributed by atoms with E-state index in [0.29, 0.717) is 5.82 Å². The summed E-state index contributed by atoms with van der Waals surface area (Å²) in [6.45, 7) is 0. The smallest absolute Gasteiger partial charge is 0.348 e. The van der Waals surface area contributed by atoms with E-state index in [0.717, 1.165) is 6.08 Å². The molecule has 0 spiro atoms. The average Bonchev–Trinajstić information content (AvgIpc) is 3.01. The summed E-state index contributed by atoms with van der Waals surface area (Å²) in [4.78, 5) is 29.3. The molecule has 3 heterocycles. The Labute approximate surface area is 128 Å². The molecule has 10 nitrogen and oxygen atoms in total. The van der Waals surface area contributed by atoms with Crippen molar-refractivity contribution in [1.29, 1.82) is 0 Å². The Hall–Kier alpha value is -1.91. The Morgan fingerprint density at radius 2 is 2.13 bits per heavy atom. The lowest BCUT2D eigenvalue weighted by molar-refractivity contribution is -0.0233. The molecule has 1 aliphatic rings. The fourth-order valence-electron chi connectivity index (χ4n) is 2.30. The fourth-order valence-corrected chi connectivity index (χ4v) is 2.70. The molecule has 0 aromatic carbocycles. The summed E-state index contributed by atoms with van der Waals surface area (Å²) in [6, 6.07) is 0. The second-order valence-corrected chi connectivity index (χ2v) is 6.42. The van der Waals surface area contributed by atoms with Gasteiger partial charge in [-0.25, -0.2) is 19.3 Å². The van der Waals surface area contributed by atoms with Gasteiger partial charge in [0.1, 0.15) is 24.1 Å². The number of aromatic nitrogens is 4. The SMILES string of the molecule is Nc1ncnc2c1ncn2[C@@H]1O[C@H](/C=C/P(=O)(O)O)[C@@H](F)[C@H]1O. The maximum absolute atomic E-state index is 14.1. The van der Waals surface area contributed by atoms with Gasteiger partial charge in [0.25, 0.3) is 0 Å². The quantitative estimate of drug-likeness (QED) is 0.548. The van der Waals surface area contributed by atoms with Gasteiger partial charge in [-0.2, -0.15) is 0 Å². The number of hydrogen-bond donors (Lipinski definition) is 4. The average molecular weight is 345 g/mol. The third kappa shape index (κ3) is 2.96. The number of aliphatic hydroxyl groups excluding tert-OH is 1. The van der Waals surface area contributed by atoms with Gasteiger partial charge in [0.15, 0.2) is 23.9 Å². The number of anilines is 1. The summed E-state index contributed by atoms with van der Waals surface area (Å²) in [5, 5.41) is 10.0. The van der Waals surface area contributed by atoms with Crippen LogP contribution in [0, 0.1) is 0 Å². The number of ether oxygens (including phenoxy) is 1. The van der Waals surface area contributed by atoms with E-state index in [-0.39, 0.29) is 17.0 Å². The maximum Gasteiger partial charge on any atom is 0.348 e. The molecular weight excluding hydrogens is 332 g/mol. The zero-order valence-corrected chi connectivity index (χ0v) is 12.4. The number of nitrogen functional groups attached to an aromatic ring is 1. The zero-order valence-electron chi connectivity index (χ0n) is 11.5. The van der Waals surface area contributed by atoms with Crippen molar-refractivity contribution in [1.82, 2.24) is 19.5 Å². The summed E-state index contributed by atoms with van der Waals surface area (Å²) >= 11 is 0. The van der Waals surface area contributed by atoms with Gasteiger partial charge in [-0.3, -0.25) is 9.13 Å². The van der Waals surface area contributed by atoms with E-state index in [9.17, 15) is 14.1 Å². The van der Waals surface area contributed by atoms with Crippen molar-refractivity contribution in [2.45, 2.75) is 24.6 Å². The number of halogens is 1. The molecule has 4 atom stereocenters. The molecule has 3 rings (SSSR count). The van der Waals surface area contributed by atoms with Gasteiger partial charge in [-0.15, -0.1) is 0 Å². The van der Waals surface area contributed by atoms with Gasteiger partial charge in [0, 0.05) is 5.82 Å². The van der Waals surface area contributed by atoms with E-state index >= 15 is 0 Å². The van der Waals surface area contributed by atoms with Gasteiger partial charge in [-0.1, -0.05) is 0 Å². The molecule has 2 aromatic heterocycles. The first-order chi connectivity index (χ1) is 10.8. The Bertz CT molecular complexity index is 807. The molecule has 12 heteroatoms. The Balaban J connectivity index is 1.93. The predicted octanol–water partition coefficient (Wildman–Crippen LogP) is -0.304. The lowest BCUT2D eigenvalue weighted by atomic mass is 10.1. The third-order valence-electron chi connectivity index (χ3n) is 3.36. The van der Waals surface area contributed by atoms with Gasteiger partial charge < -0.3 is 25.4 Å². The van der Waals surface area contributed by atoms with Crippen molar-refractivity contribution in [2.75, 3.05) is 5.73 Å². The highest BCUT2D eigenvalue weighted by Gasteiger charge is 2.44. The van der Waals surface area contributed by atoms with Crippen LogP contribution in [-0.4, -0.2) is 52.8 Å². The topological polar surface area (TPSA) is 157 Å². The lowest BCUT2D eigenvalue weighted by Gasteiger charge is -2.15. The summed E-state index contributed by atoms with van der Waals surface area (Å²) in [5.74, 6) is 0.655. The van der Waals surface area contributed by atoms with Crippen molar-refractivity contribution < 1.29 is 28.6 Å². The minimum Gasteiger partial charge on any atom is -0.385 e. The highest BCUT2D eigenvalue weighted by Crippen LogP contribution is 2.39. The van der Waals surface area contributed by atoms with E-state index < -0.39 is 32.2 Å². The number of fused-ring (bicyclic) bond motifs is 1. The molecular formula is C11H13FN5O5P. The normalized spacial score (nSPS) is 28.9. The number of rotatable bonds is 3. The third-order valence-corrected chi connectivity index (χ3v) is 3.92. The molecule has 0 amide bonds. The number of nitrogens with two attached hydrogens (primary N) is 1. The van der Waals surface area contributed by atoms with Crippen LogP contribution in [0.1, 0.15) is 6.23 Å². The maximum atomic E-state index is 14.1. The lowest BCUT2D eigenvalue weighted by Crippen LogP contribution is -2.27. The van der Waals surface area contributed by atoms with Crippen LogP contribution in [0.5, 0.6) is 0 Å². The van der Waals surface area contributed by atoms with E-state index in [1.165, 1.54) is 17.2 Å². The van der Waals surface area contributed by atoms with Crippen LogP contribution in [0.15, 0.2) is 24.5 Å². The predicted molar refractivity (Wildman–Crippen MR) is 75.7 cm³/mol. The molecule has 5 N–H and O–H groups in total. The molecule has 0 aliphatic carbocycles. The Morgan fingerprint density at radius 1 is 1.39 bits per heavy atom. The van der Waals surface area contributed by atoms with Gasteiger partial charge in [0.05, 0.1) is 6.33 Å². The molecule has 2 aromatic rings. The number of alkyl halides is 1. The van der Waals surface area contributed by atoms with E-state index in [1.54, 1.807) is 0 Å². The number of aliphatic hydroxyl groups is 1. The van der Waals surface area contributed by atoms with E-state index in [4.69, 9.17) is 20.3 Å². The second kappa shape index (κ2) is 5.62. The second-order valence-electron chi connectivity index (χ2n) is 4.94. The molecule has 1 saturated heterocycles. The standard InChI is InChI=1S/C11H13FN5O5P/c12-6-5(1-2-23(19,20)21)22-11(8(6)18)17-4-16-7-9(13)14-3-15-10(7)17/h1-6,8,11,18H,(H2,13,14,15)(H2,19,20,21)/b2-1+/t5-,6-,8-,11-/m1/s1. The first-order valence-electron chi connectivity index (χ1n) is 6.43. The van der Waals surface area contributed by atoms with Gasteiger partial charge in [-0.05, 0) is 6.08 Å². The van der Waals surface area contributed by atoms with Crippen molar-refractivity contribution in [3.63, 3.8) is 0 Å². The first kappa shape index (κ1) is 16.0. The molecule has 1 aliphatic heterocycles. The van der Waals surface area contributed by atoms with Crippen LogP contribution < -0.4 is 5.73 Å². The molecule has 0 unspecified atom stereocenters. The largest absolute Gasteiger partial charge is 0.385 e. The van der Waals surface area contributed by atoms with Crippen LogP contribution in [-0.2, 0) is 9.30 Å². The summed E-state index contributed by atoms with van der Waals surface area (Å²) < 4.78 is 31.6. The minimum absolute atomic E-state index is 0.121. The van der Waals surface area contributed by atoms with Crippen LogP contribution in [0.2, 0.25) is 0 Å². The molecule has 1 fully saturated rings. The van der Waals surface area contributed by atoms with Crippen LogP contribution in [0.3, 0.4) is 0 Å². The number of hydrogen-bond acceptors (Lipinski definition) is 7. The number of imidazole rings is 1. The van der Waals surface area contributed by atoms with Crippen molar-refractivity contribution in [3.05, 3.63) is 24.5 Å². The molecule has 0 radical (unpaired) electrons. The zero-order chi connectivity index (χ0) is 16.8. The van der Waals surface area contributed by atoms with Crippen LogP contribution in [0.4, 0.5) is 10.2 Å².